The number of hydrogen-bond donors (Lipinski definition) is 0. The average Bonchev–Trinajstić information content (AvgIpc) is 3.48. The van der Waals surface area contributed by atoms with Crippen molar-refractivity contribution in [2.45, 2.75) is 51.9 Å². The predicted octanol–water partition coefficient (Wildman–Crippen LogP) is 3.89. The Hall–Kier alpha value is -2.37. The van der Waals surface area contributed by atoms with Crippen LogP contribution in [0.2, 0.25) is 0 Å². The molecule has 0 radical (unpaired) electrons. The molecular weight excluding hydrogens is 352 g/mol. The fraction of sp³-hybridized carbons (Fsp3) is 0.591. The molecule has 28 heavy (non-hydrogen) atoms. The minimum Gasteiger partial charge on any atom is -0.372 e. The maximum Gasteiger partial charge on any atom is 0.253 e. The molecule has 6 nitrogen and oxygen atoms in total. The highest BCUT2D eigenvalue weighted by Crippen LogP contribution is 2.38. The Labute approximate surface area is 166 Å². The molecule has 2 aliphatic rings. The van der Waals surface area contributed by atoms with E-state index in [9.17, 15) is 4.79 Å². The van der Waals surface area contributed by atoms with E-state index in [0.717, 1.165) is 62.7 Å². The molecule has 1 unspecified atom stereocenters. The molecule has 0 bridgehead atoms. The standard InChI is InChI=1S/C22H30N4O2/c1-3-25(4-2)19-11-9-18(10-12-19)22(27)26-13-5-6-16(15-26)14-20-23-21(24-28-20)17-7-8-17/h9-12,16-17H,3-8,13-15H2,1-2H3. The molecule has 6 heteroatoms. The van der Waals surface area contributed by atoms with E-state index in [-0.39, 0.29) is 5.91 Å². The van der Waals surface area contributed by atoms with Crippen molar-refractivity contribution in [2.75, 3.05) is 31.1 Å². The second-order valence-corrected chi connectivity index (χ2v) is 8.00. The van der Waals surface area contributed by atoms with E-state index in [1.54, 1.807) is 0 Å². The van der Waals surface area contributed by atoms with Crippen LogP contribution in [0.3, 0.4) is 0 Å². The van der Waals surface area contributed by atoms with Crippen molar-refractivity contribution in [1.82, 2.24) is 15.0 Å². The number of aromatic nitrogens is 2. The molecule has 0 spiro atoms. The SMILES string of the molecule is CCN(CC)c1ccc(C(=O)N2CCCC(Cc3nc(C4CC4)no3)C2)cc1. The van der Waals surface area contributed by atoms with Crippen molar-refractivity contribution in [1.29, 1.82) is 0 Å². The van der Waals surface area contributed by atoms with Crippen molar-refractivity contribution < 1.29 is 9.32 Å². The molecule has 2 heterocycles. The Kier molecular flexibility index (Phi) is 5.64. The molecule has 2 aromatic rings. The van der Waals surface area contributed by atoms with Gasteiger partial charge in [-0.2, -0.15) is 4.98 Å². The Morgan fingerprint density at radius 1 is 1.18 bits per heavy atom. The van der Waals surface area contributed by atoms with Gasteiger partial charge in [0.1, 0.15) is 0 Å². The smallest absolute Gasteiger partial charge is 0.253 e. The quantitative estimate of drug-likeness (QED) is 0.727. The number of rotatable bonds is 7. The van der Waals surface area contributed by atoms with Crippen LogP contribution in [0.25, 0.3) is 0 Å². The molecule has 1 aliphatic heterocycles. The van der Waals surface area contributed by atoms with E-state index in [2.05, 4.69) is 41.0 Å². The van der Waals surface area contributed by atoms with Crippen LogP contribution in [0.15, 0.2) is 28.8 Å². The third-order valence-electron chi connectivity index (χ3n) is 5.94. The van der Waals surface area contributed by atoms with Gasteiger partial charge in [-0.05, 0) is 69.7 Å². The second kappa shape index (κ2) is 8.33. The van der Waals surface area contributed by atoms with Gasteiger partial charge in [0.25, 0.3) is 5.91 Å². The zero-order valence-corrected chi connectivity index (χ0v) is 16.9. The number of carbonyl (C=O) groups is 1. The average molecular weight is 383 g/mol. The fourth-order valence-corrected chi connectivity index (χ4v) is 4.11. The van der Waals surface area contributed by atoms with Crippen LogP contribution in [-0.2, 0) is 6.42 Å². The number of anilines is 1. The van der Waals surface area contributed by atoms with Gasteiger partial charge >= 0.3 is 0 Å². The van der Waals surface area contributed by atoms with Crippen molar-refractivity contribution in [3.63, 3.8) is 0 Å². The highest BCUT2D eigenvalue weighted by molar-refractivity contribution is 5.94. The normalized spacial score (nSPS) is 19.6. The summed E-state index contributed by atoms with van der Waals surface area (Å²) in [5.74, 6) is 2.62. The van der Waals surface area contributed by atoms with Crippen molar-refractivity contribution >= 4 is 11.6 Å². The van der Waals surface area contributed by atoms with E-state index in [4.69, 9.17) is 4.52 Å². The third kappa shape index (κ3) is 4.21. The van der Waals surface area contributed by atoms with E-state index >= 15 is 0 Å². The van der Waals surface area contributed by atoms with Gasteiger partial charge in [-0.3, -0.25) is 4.79 Å². The molecule has 1 atom stereocenters. The first-order valence-corrected chi connectivity index (χ1v) is 10.6. The Morgan fingerprint density at radius 2 is 1.93 bits per heavy atom. The van der Waals surface area contributed by atoms with Crippen LogP contribution < -0.4 is 4.90 Å². The molecule has 4 rings (SSSR count). The van der Waals surface area contributed by atoms with Crippen LogP contribution >= 0.6 is 0 Å². The van der Waals surface area contributed by atoms with Gasteiger partial charge in [-0.15, -0.1) is 0 Å². The van der Waals surface area contributed by atoms with Gasteiger partial charge in [-0.25, -0.2) is 0 Å². The lowest BCUT2D eigenvalue weighted by Gasteiger charge is -2.32. The van der Waals surface area contributed by atoms with Crippen LogP contribution in [0, 0.1) is 5.92 Å². The molecule has 0 N–H and O–H groups in total. The van der Waals surface area contributed by atoms with Gasteiger partial charge in [0, 0.05) is 49.8 Å². The van der Waals surface area contributed by atoms with Crippen LogP contribution in [0.4, 0.5) is 5.69 Å². The number of likely N-dealkylation sites (tertiary alicyclic amines) is 1. The maximum atomic E-state index is 13.0. The molecule has 1 saturated heterocycles. The fourth-order valence-electron chi connectivity index (χ4n) is 4.11. The number of nitrogens with zero attached hydrogens (tertiary/aromatic N) is 4. The summed E-state index contributed by atoms with van der Waals surface area (Å²) in [6.45, 7) is 7.81. The zero-order valence-electron chi connectivity index (χ0n) is 16.9. The molecule has 1 aromatic carbocycles. The molecule has 1 aromatic heterocycles. The number of amides is 1. The maximum absolute atomic E-state index is 13.0. The topological polar surface area (TPSA) is 62.5 Å². The summed E-state index contributed by atoms with van der Waals surface area (Å²) in [7, 11) is 0. The lowest BCUT2D eigenvalue weighted by molar-refractivity contribution is 0.0668. The van der Waals surface area contributed by atoms with Crippen molar-refractivity contribution in [3.8, 4) is 0 Å². The number of benzene rings is 1. The highest BCUT2D eigenvalue weighted by Gasteiger charge is 2.30. The zero-order chi connectivity index (χ0) is 19.5. The summed E-state index contributed by atoms with van der Waals surface area (Å²) >= 11 is 0. The lowest BCUT2D eigenvalue weighted by Crippen LogP contribution is -2.40. The molecule has 1 amide bonds. The summed E-state index contributed by atoms with van der Waals surface area (Å²) in [6, 6.07) is 8.03. The lowest BCUT2D eigenvalue weighted by atomic mass is 9.94. The van der Waals surface area contributed by atoms with Gasteiger partial charge in [0.15, 0.2) is 5.82 Å². The van der Waals surface area contributed by atoms with Gasteiger partial charge in [-0.1, -0.05) is 5.16 Å². The summed E-state index contributed by atoms with van der Waals surface area (Å²) in [5, 5.41) is 4.11. The number of piperidine rings is 1. The Balaban J connectivity index is 1.37. The molecule has 150 valence electrons. The number of hydrogen-bond acceptors (Lipinski definition) is 5. The van der Waals surface area contributed by atoms with E-state index in [1.807, 2.05) is 17.0 Å². The first-order valence-electron chi connectivity index (χ1n) is 10.6. The first-order chi connectivity index (χ1) is 13.7. The van der Waals surface area contributed by atoms with Crippen molar-refractivity contribution in [3.05, 3.63) is 41.5 Å². The number of carbonyl (C=O) groups excluding carboxylic acids is 1. The molecule has 1 aliphatic carbocycles. The Morgan fingerprint density at radius 3 is 2.61 bits per heavy atom. The minimum absolute atomic E-state index is 0.125. The van der Waals surface area contributed by atoms with Gasteiger partial charge in [0.05, 0.1) is 0 Å². The molecular formula is C22H30N4O2. The Bertz CT molecular complexity index is 793. The van der Waals surface area contributed by atoms with E-state index in [0.29, 0.717) is 11.8 Å². The van der Waals surface area contributed by atoms with Crippen LogP contribution in [0.5, 0.6) is 0 Å². The molecule has 1 saturated carbocycles. The van der Waals surface area contributed by atoms with E-state index < -0.39 is 0 Å². The van der Waals surface area contributed by atoms with E-state index in [1.165, 1.54) is 18.5 Å². The minimum atomic E-state index is 0.125. The van der Waals surface area contributed by atoms with Crippen molar-refractivity contribution in [2.24, 2.45) is 5.92 Å². The van der Waals surface area contributed by atoms with Crippen LogP contribution in [-0.4, -0.2) is 47.1 Å². The van der Waals surface area contributed by atoms with Crippen LogP contribution in [0.1, 0.15) is 67.5 Å². The predicted molar refractivity (Wildman–Crippen MR) is 109 cm³/mol. The van der Waals surface area contributed by atoms with Gasteiger partial charge in [0.2, 0.25) is 5.89 Å². The third-order valence-corrected chi connectivity index (χ3v) is 5.94. The second-order valence-electron chi connectivity index (χ2n) is 8.00. The summed E-state index contributed by atoms with van der Waals surface area (Å²) in [4.78, 5) is 21.8. The highest BCUT2D eigenvalue weighted by atomic mass is 16.5. The monoisotopic (exact) mass is 382 g/mol. The summed E-state index contributed by atoms with van der Waals surface area (Å²) in [6.07, 6.45) is 5.25. The summed E-state index contributed by atoms with van der Waals surface area (Å²) in [5.41, 5.74) is 1.94. The van der Waals surface area contributed by atoms with Gasteiger partial charge < -0.3 is 14.3 Å². The summed E-state index contributed by atoms with van der Waals surface area (Å²) < 4.78 is 5.44. The molecule has 2 fully saturated rings. The first kappa shape index (κ1) is 19.0. The largest absolute Gasteiger partial charge is 0.372 e.